The molecule has 0 aliphatic heterocycles. The first-order valence-corrected chi connectivity index (χ1v) is 12.1. The van der Waals surface area contributed by atoms with E-state index < -0.39 is 18.0 Å². The molecule has 0 saturated heterocycles. The van der Waals surface area contributed by atoms with E-state index in [1.165, 1.54) is 22.3 Å². The third-order valence-electron chi connectivity index (χ3n) is 7.00. The van der Waals surface area contributed by atoms with Crippen molar-refractivity contribution in [3.05, 3.63) is 59.7 Å². The Balaban J connectivity index is 1.21. The molecule has 0 aromatic heterocycles. The summed E-state index contributed by atoms with van der Waals surface area (Å²) in [6.07, 6.45) is 2.75. The Morgan fingerprint density at radius 3 is 2.32 bits per heavy atom. The van der Waals surface area contributed by atoms with E-state index in [0.717, 1.165) is 6.42 Å². The Hall–Kier alpha value is -3.35. The number of alkyl carbamates (subject to hydrolysis) is 1. The number of carbonyl (C=O) groups excluding carboxylic acids is 2. The molecule has 0 radical (unpaired) electrons. The summed E-state index contributed by atoms with van der Waals surface area (Å²) in [5, 5.41) is 14.7. The SMILES string of the molecule is CC(CCCNC(=O)C1CCC(NC(=O)OCC2c3ccccc3-c3ccccc32)C1)C(=O)O. The molecule has 1 saturated carbocycles. The van der Waals surface area contributed by atoms with Gasteiger partial charge < -0.3 is 20.5 Å². The maximum Gasteiger partial charge on any atom is 0.407 e. The molecule has 3 atom stereocenters. The van der Waals surface area contributed by atoms with Crippen LogP contribution in [0.4, 0.5) is 4.79 Å². The fraction of sp³-hybridized carbons (Fsp3) is 0.444. The predicted octanol–water partition coefficient (Wildman–Crippen LogP) is 4.31. The van der Waals surface area contributed by atoms with Crippen LogP contribution in [0.2, 0.25) is 0 Å². The number of aliphatic carboxylic acids is 1. The standard InChI is InChI=1S/C27H32N2O5/c1-17(26(31)32)7-6-14-28-25(30)18-12-13-19(15-18)29-27(33)34-16-24-22-10-4-2-8-20(22)21-9-3-5-11-23(21)24/h2-5,8-11,17-19,24H,6-7,12-16H2,1H3,(H,28,30)(H,29,33)(H,31,32). The summed E-state index contributed by atoms with van der Waals surface area (Å²) in [7, 11) is 0. The molecule has 2 aliphatic carbocycles. The molecule has 7 nitrogen and oxygen atoms in total. The molecule has 3 unspecified atom stereocenters. The lowest BCUT2D eigenvalue weighted by molar-refractivity contribution is -0.141. The van der Waals surface area contributed by atoms with Crippen LogP contribution >= 0.6 is 0 Å². The van der Waals surface area contributed by atoms with Gasteiger partial charge in [-0.25, -0.2) is 4.79 Å². The molecule has 180 valence electrons. The lowest BCUT2D eigenvalue weighted by Gasteiger charge is -2.17. The minimum atomic E-state index is -0.815. The average molecular weight is 465 g/mol. The lowest BCUT2D eigenvalue weighted by atomic mass is 9.98. The number of rotatable bonds is 9. The molecular formula is C27H32N2O5. The number of benzene rings is 2. The second-order valence-electron chi connectivity index (χ2n) is 9.35. The highest BCUT2D eigenvalue weighted by molar-refractivity contribution is 5.80. The molecule has 4 rings (SSSR count). The molecule has 34 heavy (non-hydrogen) atoms. The number of hydrogen-bond donors (Lipinski definition) is 3. The van der Waals surface area contributed by atoms with Crippen LogP contribution in [0, 0.1) is 11.8 Å². The minimum Gasteiger partial charge on any atom is -0.481 e. The number of nitrogens with one attached hydrogen (secondary N) is 2. The van der Waals surface area contributed by atoms with Crippen LogP contribution in [0.15, 0.2) is 48.5 Å². The van der Waals surface area contributed by atoms with E-state index >= 15 is 0 Å². The lowest BCUT2D eigenvalue weighted by Crippen LogP contribution is -2.36. The van der Waals surface area contributed by atoms with Gasteiger partial charge in [-0.15, -0.1) is 0 Å². The van der Waals surface area contributed by atoms with Gasteiger partial charge in [0.15, 0.2) is 0 Å². The molecular weight excluding hydrogens is 432 g/mol. The fourth-order valence-electron chi connectivity index (χ4n) is 5.05. The van der Waals surface area contributed by atoms with E-state index in [4.69, 9.17) is 9.84 Å². The average Bonchev–Trinajstić information content (AvgIpc) is 3.43. The zero-order chi connectivity index (χ0) is 24.1. The number of carboxylic acids is 1. The Bertz CT molecular complexity index is 1010. The zero-order valence-electron chi connectivity index (χ0n) is 19.5. The summed E-state index contributed by atoms with van der Waals surface area (Å²) >= 11 is 0. The van der Waals surface area contributed by atoms with Crippen LogP contribution < -0.4 is 10.6 Å². The molecule has 2 aliphatic rings. The first-order valence-electron chi connectivity index (χ1n) is 12.1. The summed E-state index contributed by atoms with van der Waals surface area (Å²) in [6.45, 7) is 2.41. The Labute approximate surface area is 199 Å². The first-order chi connectivity index (χ1) is 16.4. The van der Waals surface area contributed by atoms with Gasteiger partial charge in [0, 0.05) is 24.4 Å². The third kappa shape index (κ3) is 5.41. The largest absolute Gasteiger partial charge is 0.481 e. The van der Waals surface area contributed by atoms with E-state index in [2.05, 4.69) is 34.9 Å². The van der Waals surface area contributed by atoms with Gasteiger partial charge in [-0.05, 0) is 54.4 Å². The van der Waals surface area contributed by atoms with Crippen molar-refractivity contribution >= 4 is 18.0 Å². The van der Waals surface area contributed by atoms with E-state index in [1.54, 1.807) is 6.92 Å². The van der Waals surface area contributed by atoms with Crippen LogP contribution in [-0.2, 0) is 14.3 Å². The molecule has 0 bridgehead atoms. The molecule has 1 fully saturated rings. The van der Waals surface area contributed by atoms with Crippen molar-refractivity contribution in [3.8, 4) is 11.1 Å². The van der Waals surface area contributed by atoms with Crippen molar-refractivity contribution in [3.63, 3.8) is 0 Å². The molecule has 2 aromatic carbocycles. The number of carboxylic acid groups (broad SMARTS) is 1. The quantitative estimate of drug-likeness (QED) is 0.480. The number of hydrogen-bond acceptors (Lipinski definition) is 4. The molecule has 7 heteroatoms. The van der Waals surface area contributed by atoms with Crippen molar-refractivity contribution < 1.29 is 24.2 Å². The van der Waals surface area contributed by atoms with E-state index in [1.807, 2.05) is 24.3 Å². The molecule has 0 heterocycles. The van der Waals surface area contributed by atoms with Crippen molar-refractivity contribution in [2.24, 2.45) is 11.8 Å². The number of carbonyl (C=O) groups is 3. The van der Waals surface area contributed by atoms with Crippen molar-refractivity contribution in [1.82, 2.24) is 10.6 Å². The first kappa shape index (κ1) is 23.8. The Morgan fingerprint density at radius 1 is 1.03 bits per heavy atom. The van der Waals surface area contributed by atoms with Crippen LogP contribution in [-0.4, -0.2) is 42.3 Å². The Morgan fingerprint density at radius 2 is 1.68 bits per heavy atom. The van der Waals surface area contributed by atoms with Gasteiger partial charge in [0.25, 0.3) is 0 Å². The van der Waals surface area contributed by atoms with Gasteiger partial charge in [-0.2, -0.15) is 0 Å². The maximum atomic E-state index is 12.5. The smallest absolute Gasteiger partial charge is 0.407 e. The van der Waals surface area contributed by atoms with E-state index in [9.17, 15) is 14.4 Å². The minimum absolute atomic E-state index is 0.0177. The maximum absolute atomic E-state index is 12.5. The number of amides is 2. The van der Waals surface area contributed by atoms with Crippen LogP contribution in [0.1, 0.15) is 56.1 Å². The van der Waals surface area contributed by atoms with Gasteiger partial charge in [0.05, 0.1) is 5.92 Å². The predicted molar refractivity (Wildman–Crippen MR) is 128 cm³/mol. The van der Waals surface area contributed by atoms with E-state index in [0.29, 0.717) is 32.2 Å². The highest BCUT2D eigenvalue weighted by Crippen LogP contribution is 2.44. The second-order valence-corrected chi connectivity index (χ2v) is 9.35. The highest BCUT2D eigenvalue weighted by Gasteiger charge is 2.32. The van der Waals surface area contributed by atoms with Gasteiger partial charge >= 0.3 is 12.1 Å². The molecule has 2 amide bonds. The van der Waals surface area contributed by atoms with Crippen molar-refractivity contribution in [1.29, 1.82) is 0 Å². The van der Waals surface area contributed by atoms with Crippen molar-refractivity contribution in [2.45, 2.75) is 51.0 Å². The third-order valence-corrected chi connectivity index (χ3v) is 7.00. The molecule has 3 N–H and O–H groups in total. The highest BCUT2D eigenvalue weighted by atomic mass is 16.5. The molecule has 0 spiro atoms. The summed E-state index contributed by atoms with van der Waals surface area (Å²) in [6, 6.07) is 16.4. The topological polar surface area (TPSA) is 105 Å². The monoisotopic (exact) mass is 464 g/mol. The van der Waals surface area contributed by atoms with E-state index in [-0.39, 0.29) is 30.4 Å². The van der Waals surface area contributed by atoms with Crippen LogP contribution in [0.25, 0.3) is 11.1 Å². The number of fused-ring (bicyclic) bond motifs is 3. The summed E-state index contributed by atoms with van der Waals surface area (Å²) < 4.78 is 5.62. The Kier molecular flexibility index (Phi) is 7.50. The zero-order valence-corrected chi connectivity index (χ0v) is 19.5. The van der Waals surface area contributed by atoms with Gasteiger partial charge in [0.1, 0.15) is 6.61 Å². The van der Waals surface area contributed by atoms with Crippen LogP contribution in [0.3, 0.4) is 0 Å². The number of ether oxygens (including phenoxy) is 1. The fourth-order valence-corrected chi connectivity index (χ4v) is 5.05. The van der Waals surface area contributed by atoms with Crippen molar-refractivity contribution in [2.75, 3.05) is 13.2 Å². The van der Waals surface area contributed by atoms with Crippen LogP contribution in [0.5, 0.6) is 0 Å². The van der Waals surface area contributed by atoms with Gasteiger partial charge in [-0.1, -0.05) is 55.5 Å². The summed E-state index contributed by atoms with van der Waals surface area (Å²) in [5.74, 6) is -1.38. The summed E-state index contributed by atoms with van der Waals surface area (Å²) in [5.41, 5.74) is 4.72. The normalized spacial score (nSPS) is 19.7. The van der Waals surface area contributed by atoms with Gasteiger partial charge in [0.2, 0.25) is 5.91 Å². The summed E-state index contributed by atoms with van der Waals surface area (Å²) in [4.78, 5) is 35.8. The van der Waals surface area contributed by atoms with Gasteiger partial charge in [-0.3, -0.25) is 9.59 Å². The molecule has 2 aromatic rings. The second kappa shape index (κ2) is 10.7.